The third-order valence-electron chi connectivity index (χ3n) is 3.82. The highest BCUT2D eigenvalue weighted by atomic mass is 16.3. The maximum atomic E-state index is 8.97. The van der Waals surface area contributed by atoms with E-state index < -0.39 is 0 Å². The number of rotatable bonds is 6. The number of nitrogens with one attached hydrogen (secondary N) is 3. The van der Waals surface area contributed by atoms with Crippen LogP contribution in [-0.2, 0) is 6.61 Å². The minimum Gasteiger partial charge on any atom is -0.390 e. The highest BCUT2D eigenvalue weighted by Gasteiger charge is 2.12. The van der Waals surface area contributed by atoms with Gasteiger partial charge in [0, 0.05) is 12.6 Å². The van der Waals surface area contributed by atoms with E-state index in [0.717, 1.165) is 25.5 Å². The molecular formula is C15H21N7O. The van der Waals surface area contributed by atoms with Crippen LogP contribution in [0.25, 0.3) is 0 Å². The van der Waals surface area contributed by atoms with E-state index in [1.54, 1.807) is 6.20 Å². The molecule has 0 bridgehead atoms. The Morgan fingerprint density at radius 3 is 2.61 bits per heavy atom. The number of anilines is 3. The third-order valence-corrected chi connectivity index (χ3v) is 3.82. The summed E-state index contributed by atoms with van der Waals surface area (Å²) in [5, 5.41) is 18.8. The fourth-order valence-electron chi connectivity index (χ4n) is 2.49. The lowest BCUT2D eigenvalue weighted by molar-refractivity contribution is 0.276. The van der Waals surface area contributed by atoms with Gasteiger partial charge in [0.1, 0.15) is 23.8 Å². The standard InChI is InChI=1S/C15H21N7O/c23-9-12-7-19-15(8-17-12)22-14-5-13(20-10-21-14)18-6-11-1-3-16-4-2-11/h5,7-8,10-11,16,23H,1-4,6,9H2,(H2,18,19,20,21,22). The summed E-state index contributed by atoms with van der Waals surface area (Å²) in [6.07, 6.45) is 6.99. The average Bonchev–Trinajstić information content (AvgIpc) is 2.62. The summed E-state index contributed by atoms with van der Waals surface area (Å²) in [6.45, 7) is 2.98. The van der Waals surface area contributed by atoms with Crippen molar-refractivity contribution in [2.45, 2.75) is 19.4 Å². The van der Waals surface area contributed by atoms with Gasteiger partial charge in [0.05, 0.1) is 24.7 Å². The first-order valence-electron chi connectivity index (χ1n) is 7.79. The van der Waals surface area contributed by atoms with Crippen molar-refractivity contribution in [3.63, 3.8) is 0 Å². The fourth-order valence-corrected chi connectivity index (χ4v) is 2.49. The van der Waals surface area contributed by atoms with Crippen LogP contribution in [0.4, 0.5) is 17.5 Å². The molecule has 23 heavy (non-hydrogen) atoms. The lowest BCUT2D eigenvalue weighted by atomic mass is 9.98. The second-order valence-electron chi connectivity index (χ2n) is 5.54. The van der Waals surface area contributed by atoms with Crippen LogP contribution < -0.4 is 16.0 Å². The van der Waals surface area contributed by atoms with Gasteiger partial charge in [0.15, 0.2) is 0 Å². The van der Waals surface area contributed by atoms with Crippen LogP contribution in [0.15, 0.2) is 24.8 Å². The van der Waals surface area contributed by atoms with Gasteiger partial charge in [-0.3, -0.25) is 4.98 Å². The van der Waals surface area contributed by atoms with Crippen LogP contribution in [0.5, 0.6) is 0 Å². The molecule has 0 radical (unpaired) electrons. The monoisotopic (exact) mass is 315 g/mol. The highest BCUT2D eigenvalue weighted by Crippen LogP contribution is 2.16. The Bertz CT molecular complexity index is 613. The lowest BCUT2D eigenvalue weighted by Gasteiger charge is -2.22. The average molecular weight is 315 g/mol. The molecule has 3 rings (SSSR count). The van der Waals surface area contributed by atoms with Crippen molar-refractivity contribution in [2.75, 3.05) is 30.3 Å². The normalized spacial score (nSPS) is 15.3. The fraction of sp³-hybridized carbons (Fsp3) is 0.467. The van der Waals surface area contributed by atoms with Crippen LogP contribution in [0.1, 0.15) is 18.5 Å². The molecule has 0 aromatic carbocycles. The van der Waals surface area contributed by atoms with E-state index in [2.05, 4.69) is 35.9 Å². The Morgan fingerprint density at radius 2 is 1.87 bits per heavy atom. The molecule has 0 saturated carbocycles. The smallest absolute Gasteiger partial charge is 0.150 e. The molecule has 0 unspecified atom stereocenters. The van der Waals surface area contributed by atoms with Crippen molar-refractivity contribution >= 4 is 17.5 Å². The zero-order valence-electron chi connectivity index (χ0n) is 12.9. The first kappa shape index (κ1) is 15.6. The number of piperidine rings is 1. The molecular weight excluding hydrogens is 294 g/mol. The summed E-state index contributed by atoms with van der Waals surface area (Å²) in [7, 11) is 0. The van der Waals surface area contributed by atoms with Gasteiger partial charge >= 0.3 is 0 Å². The Hall–Kier alpha value is -2.32. The van der Waals surface area contributed by atoms with Crippen molar-refractivity contribution in [2.24, 2.45) is 5.92 Å². The molecule has 0 atom stereocenters. The van der Waals surface area contributed by atoms with E-state index >= 15 is 0 Å². The predicted octanol–water partition coefficient (Wildman–Crippen LogP) is 0.914. The SMILES string of the molecule is OCc1cnc(Nc2cc(NCC3CCNCC3)ncn2)cn1. The van der Waals surface area contributed by atoms with Crippen molar-refractivity contribution in [3.05, 3.63) is 30.5 Å². The second kappa shape index (κ2) is 7.80. The number of nitrogens with zero attached hydrogens (tertiary/aromatic N) is 4. The quantitative estimate of drug-likeness (QED) is 0.623. The Labute approximate surface area is 134 Å². The third kappa shape index (κ3) is 4.57. The van der Waals surface area contributed by atoms with Crippen LogP contribution in [0, 0.1) is 5.92 Å². The molecule has 1 saturated heterocycles. The summed E-state index contributed by atoms with van der Waals surface area (Å²) < 4.78 is 0. The number of hydrogen-bond acceptors (Lipinski definition) is 8. The van der Waals surface area contributed by atoms with E-state index in [1.807, 2.05) is 6.07 Å². The topological polar surface area (TPSA) is 108 Å². The molecule has 1 fully saturated rings. The Kier molecular flexibility index (Phi) is 5.28. The van der Waals surface area contributed by atoms with Gasteiger partial charge in [-0.05, 0) is 31.8 Å². The van der Waals surface area contributed by atoms with Gasteiger partial charge in [-0.15, -0.1) is 0 Å². The highest BCUT2D eigenvalue weighted by molar-refractivity contribution is 5.54. The largest absolute Gasteiger partial charge is 0.390 e. The Morgan fingerprint density at radius 1 is 1.04 bits per heavy atom. The molecule has 2 aromatic heterocycles. The van der Waals surface area contributed by atoms with Crippen molar-refractivity contribution in [3.8, 4) is 0 Å². The van der Waals surface area contributed by atoms with Crippen LogP contribution in [0.2, 0.25) is 0 Å². The molecule has 1 aliphatic rings. The lowest BCUT2D eigenvalue weighted by Crippen LogP contribution is -2.31. The van der Waals surface area contributed by atoms with Crippen molar-refractivity contribution in [1.29, 1.82) is 0 Å². The minimum atomic E-state index is -0.120. The van der Waals surface area contributed by atoms with E-state index in [4.69, 9.17) is 5.11 Å². The molecule has 8 nitrogen and oxygen atoms in total. The zero-order valence-corrected chi connectivity index (χ0v) is 12.9. The molecule has 4 N–H and O–H groups in total. The van der Waals surface area contributed by atoms with Gasteiger partial charge in [-0.2, -0.15) is 0 Å². The summed E-state index contributed by atoms with van der Waals surface area (Å²) in [5.74, 6) is 2.70. The van der Waals surface area contributed by atoms with Gasteiger partial charge in [0.2, 0.25) is 0 Å². The zero-order chi connectivity index (χ0) is 15.9. The maximum absolute atomic E-state index is 8.97. The molecule has 122 valence electrons. The van der Waals surface area contributed by atoms with Crippen LogP contribution in [0.3, 0.4) is 0 Å². The molecule has 3 heterocycles. The summed E-state index contributed by atoms with van der Waals surface area (Å²) >= 11 is 0. The van der Waals surface area contributed by atoms with E-state index in [-0.39, 0.29) is 6.61 Å². The minimum absolute atomic E-state index is 0.120. The molecule has 8 heteroatoms. The molecule has 1 aliphatic heterocycles. The first-order chi connectivity index (χ1) is 11.3. The summed E-state index contributed by atoms with van der Waals surface area (Å²) in [4.78, 5) is 16.7. The Balaban J connectivity index is 1.57. The molecule has 0 amide bonds. The first-order valence-corrected chi connectivity index (χ1v) is 7.79. The summed E-state index contributed by atoms with van der Waals surface area (Å²) in [5.41, 5.74) is 0.530. The maximum Gasteiger partial charge on any atom is 0.150 e. The molecule has 0 spiro atoms. The number of aromatic nitrogens is 4. The van der Waals surface area contributed by atoms with Gasteiger partial charge < -0.3 is 21.1 Å². The number of aliphatic hydroxyl groups excluding tert-OH is 1. The van der Waals surface area contributed by atoms with E-state index in [1.165, 1.54) is 25.4 Å². The van der Waals surface area contributed by atoms with Gasteiger partial charge in [0.25, 0.3) is 0 Å². The van der Waals surface area contributed by atoms with E-state index in [0.29, 0.717) is 23.2 Å². The van der Waals surface area contributed by atoms with Gasteiger partial charge in [-0.1, -0.05) is 0 Å². The van der Waals surface area contributed by atoms with Crippen molar-refractivity contribution in [1.82, 2.24) is 25.3 Å². The summed E-state index contributed by atoms with van der Waals surface area (Å²) in [6, 6.07) is 1.85. The second-order valence-corrected chi connectivity index (χ2v) is 5.54. The van der Waals surface area contributed by atoms with E-state index in [9.17, 15) is 0 Å². The number of hydrogen-bond donors (Lipinski definition) is 4. The molecule has 0 aliphatic carbocycles. The van der Waals surface area contributed by atoms with Crippen LogP contribution >= 0.6 is 0 Å². The number of aliphatic hydroxyl groups is 1. The predicted molar refractivity (Wildman–Crippen MR) is 87.4 cm³/mol. The molecule has 2 aromatic rings. The van der Waals surface area contributed by atoms with Crippen LogP contribution in [-0.4, -0.2) is 44.7 Å². The van der Waals surface area contributed by atoms with Crippen molar-refractivity contribution < 1.29 is 5.11 Å². The van der Waals surface area contributed by atoms with Gasteiger partial charge in [-0.25, -0.2) is 15.0 Å².